The van der Waals surface area contributed by atoms with E-state index < -0.39 is 0 Å². The Bertz CT molecular complexity index is 507. The molecule has 0 unspecified atom stereocenters. The number of likely N-dealkylation sites (N-methyl/N-ethyl adjacent to an activating group) is 1. The molecule has 0 fully saturated rings. The summed E-state index contributed by atoms with van der Waals surface area (Å²) in [5.74, 6) is 0.703. The van der Waals surface area contributed by atoms with Crippen molar-refractivity contribution in [2.24, 2.45) is 0 Å². The molecule has 0 aromatic carbocycles. The number of fused-ring (bicyclic) bond motifs is 1. The highest BCUT2D eigenvalue weighted by Crippen LogP contribution is 2.18. The second-order valence-corrected chi connectivity index (χ2v) is 4.23. The molecule has 2 rings (SSSR count). The van der Waals surface area contributed by atoms with E-state index in [4.69, 9.17) is 11.6 Å². The van der Waals surface area contributed by atoms with Gasteiger partial charge in [0, 0.05) is 13.1 Å². The van der Waals surface area contributed by atoms with E-state index in [1.54, 1.807) is 6.33 Å². The molecule has 0 aliphatic heterocycles. The Balaban J connectivity index is 2.05. The van der Waals surface area contributed by atoms with Gasteiger partial charge in [-0.1, -0.05) is 13.8 Å². The van der Waals surface area contributed by atoms with Gasteiger partial charge in [0.15, 0.2) is 11.5 Å². The first-order chi connectivity index (χ1) is 8.74. The number of anilines is 1. The van der Waals surface area contributed by atoms with Crippen LogP contribution in [0.25, 0.3) is 11.2 Å². The maximum Gasteiger partial charge on any atom is 0.226 e. The van der Waals surface area contributed by atoms with Gasteiger partial charge < -0.3 is 15.2 Å². The highest BCUT2D eigenvalue weighted by molar-refractivity contribution is 6.28. The molecule has 0 aliphatic carbocycles. The van der Waals surface area contributed by atoms with Crippen molar-refractivity contribution in [3.63, 3.8) is 0 Å². The van der Waals surface area contributed by atoms with Crippen LogP contribution < -0.4 is 5.32 Å². The van der Waals surface area contributed by atoms with Crippen molar-refractivity contribution >= 4 is 28.6 Å². The smallest absolute Gasteiger partial charge is 0.226 e. The molecule has 0 saturated carbocycles. The quantitative estimate of drug-likeness (QED) is 0.782. The molecule has 2 heterocycles. The number of H-pyrrole nitrogens is 1. The highest BCUT2D eigenvalue weighted by atomic mass is 35.5. The zero-order valence-electron chi connectivity index (χ0n) is 10.6. The maximum absolute atomic E-state index is 5.85. The number of imidazole rings is 1. The summed E-state index contributed by atoms with van der Waals surface area (Å²) in [5.41, 5.74) is 1.37. The molecule has 0 aliphatic rings. The Kier molecular flexibility index (Phi) is 4.33. The second-order valence-electron chi connectivity index (χ2n) is 3.90. The van der Waals surface area contributed by atoms with Gasteiger partial charge in [0.05, 0.1) is 6.33 Å². The highest BCUT2D eigenvalue weighted by Gasteiger charge is 2.08. The number of rotatable bonds is 6. The standard InChI is InChI=1S/C11H17ClN6/c1-3-18(4-2)6-5-13-9-8-10(15-7-14-8)17-11(12)16-9/h7H,3-6H2,1-2H3,(H2,13,14,15,16,17). The van der Waals surface area contributed by atoms with Gasteiger partial charge in [-0.2, -0.15) is 9.97 Å². The first-order valence-corrected chi connectivity index (χ1v) is 6.45. The molecular formula is C11H17ClN6. The van der Waals surface area contributed by atoms with Crippen LogP contribution in [0.5, 0.6) is 0 Å². The van der Waals surface area contributed by atoms with E-state index in [0.29, 0.717) is 11.5 Å². The second kappa shape index (κ2) is 5.97. The van der Waals surface area contributed by atoms with Crippen molar-refractivity contribution in [1.29, 1.82) is 0 Å². The molecule has 18 heavy (non-hydrogen) atoms. The molecule has 0 saturated heterocycles. The van der Waals surface area contributed by atoms with Gasteiger partial charge in [0.1, 0.15) is 5.52 Å². The molecular weight excluding hydrogens is 252 g/mol. The molecule has 0 amide bonds. The number of aromatic amines is 1. The van der Waals surface area contributed by atoms with E-state index in [0.717, 1.165) is 31.7 Å². The monoisotopic (exact) mass is 268 g/mol. The minimum atomic E-state index is 0.208. The summed E-state index contributed by atoms with van der Waals surface area (Å²) in [5, 5.41) is 3.47. The zero-order valence-corrected chi connectivity index (χ0v) is 11.3. The fourth-order valence-electron chi connectivity index (χ4n) is 1.81. The fourth-order valence-corrected chi connectivity index (χ4v) is 1.97. The van der Waals surface area contributed by atoms with Gasteiger partial charge in [0.25, 0.3) is 0 Å². The Labute approximate surface area is 111 Å². The Hall–Kier alpha value is -1.40. The first-order valence-electron chi connectivity index (χ1n) is 6.07. The summed E-state index contributed by atoms with van der Waals surface area (Å²) in [7, 11) is 0. The summed E-state index contributed by atoms with van der Waals surface area (Å²) in [6, 6.07) is 0. The lowest BCUT2D eigenvalue weighted by molar-refractivity contribution is 0.316. The maximum atomic E-state index is 5.85. The number of halogens is 1. The van der Waals surface area contributed by atoms with Gasteiger partial charge in [0.2, 0.25) is 5.28 Å². The van der Waals surface area contributed by atoms with Crippen LogP contribution in [0.15, 0.2) is 6.33 Å². The van der Waals surface area contributed by atoms with Gasteiger partial charge in [-0.15, -0.1) is 0 Å². The summed E-state index contributed by atoms with van der Waals surface area (Å²) < 4.78 is 0. The third-order valence-electron chi connectivity index (χ3n) is 2.87. The molecule has 7 heteroatoms. The topological polar surface area (TPSA) is 69.7 Å². The lowest BCUT2D eigenvalue weighted by atomic mass is 10.4. The minimum absolute atomic E-state index is 0.208. The van der Waals surface area contributed by atoms with E-state index in [1.807, 2.05) is 0 Å². The number of nitrogens with zero attached hydrogens (tertiary/aromatic N) is 4. The van der Waals surface area contributed by atoms with Crippen molar-refractivity contribution in [3.8, 4) is 0 Å². The van der Waals surface area contributed by atoms with Crippen molar-refractivity contribution in [3.05, 3.63) is 11.6 Å². The van der Waals surface area contributed by atoms with E-state index in [9.17, 15) is 0 Å². The zero-order chi connectivity index (χ0) is 13.0. The third kappa shape index (κ3) is 2.88. The number of nitrogens with one attached hydrogen (secondary N) is 2. The van der Waals surface area contributed by atoms with Crippen molar-refractivity contribution in [1.82, 2.24) is 24.8 Å². The van der Waals surface area contributed by atoms with E-state index in [2.05, 4.69) is 44.0 Å². The SMILES string of the molecule is CCN(CC)CCNc1nc(Cl)nc2nc[nH]c12. The summed E-state index contributed by atoms with van der Waals surface area (Å²) in [6.45, 7) is 8.16. The van der Waals surface area contributed by atoms with Crippen LogP contribution in [-0.4, -0.2) is 51.0 Å². The van der Waals surface area contributed by atoms with Crippen molar-refractivity contribution in [2.45, 2.75) is 13.8 Å². The molecule has 0 bridgehead atoms. The van der Waals surface area contributed by atoms with Crippen LogP contribution in [0.1, 0.15) is 13.8 Å². The first kappa shape index (κ1) is 13.0. The Morgan fingerprint density at radius 3 is 2.83 bits per heavy atom. The van der Waals surface area contributed by atoms with Crippen molar-refractivity contribution in [2.75, 3.05) is 31.5 Å². The van der Waals surface area contributed by atoms with Crippen LogP contribution >= 0.6 is 11.6 Å². The molecule has 0 spiro atoms. The molecule has 2 aromatic heterocycles. The Morgan fingerprint density at radius 2 is 2.11 bits per heavy atom. The largest absolute Gasteiger partial charge is 0.367 e. The summed E-state index contributed by atoms with van der Waals surface area (Å²) in [4.78, 5) is 17.6. The molecule has 6 nitrogen and oxygen atoms in total. The predicted octanol–water partition coefficient (Wildman–Crippen LogP) is 1.76. The average Bonchev–Trinajstić information content (AvgIpc) is 2.82. The summed E-state index contributed by atoms with van der Waals surface area (Å²) >= 11 is 5.85. The van der Waals surface area contributed by atoms with E-state index in [-0.39, 0.29) is 5.28 Å². The predicted molar refractivity (Wildman–Crippen MR) is 73.0 cm³/mol. The number of hydrogen-bond acceptors (Lipinski definition) is 5. The average molecular weight is 269 g/mol. The van der Waals surface area contributed by atoms with Gasteiger partial charge in [-0.3, -0.25) is 0 Å². The van der Waals surface area contributed by atoms with E-state index >= 15 is 0 Å². The molecule has 2 N–H and O–H groups in total. The third-order valence-corrected chi connectivity index (χ3v) is 3.04. The lowest BCUT2D eigenvalue weighted by Gasteiger charge is -2.18. The van der Waals surface area contributed by atoms with Gasteiger partial charge in [-0.05, 0) is 24.7 Å². The lowest BCUT2D eigenvalue weighted by Crippen LogP contribution is -2.28. The Morgan fingerprint density at radius 1 is 1.33 bits per heavy atom. The molecule has 98 valence electrons. The van der Waals surface area contributed by atoms with Gasteiger partial charge in [-0.25, -0.2) is 4.98 Å². The minimum Gasteiger partial charge on any atom is -0.367 e. The number of aromatic nitrogens is 4. The van der Waals surface area contributed by atoms with Crippen LogP contribution in [0.2, 0.25) is 5.28 Å². The van der Waals surface area contributed by atoms with Crippen LogP contribution in [0.4, 0.5) is 5.82 Å². The van der Waals surface area contributed by atoms with Crippen LogP contribution in [0, 0.1) is 0 Å². The van der Waals surface area contributed by atoms with Crippen molar-refractivity contribution < 1.29 is 0 Å². The van der Waals surface area contributed by atoms with Gasteiger partial charge >= 0.3 is 0 Å². The van der Waals surface area contributed by atoms with E-state index in [1.165, 1.54) is 0 Å². The van der Waals surface area contributed by atoms with Crippen LogP contribution in [-0.2, 0) is 0 Å². The fraction of sp³-hybridized carbons (Fsp3) is 0.545. The number of hydrogen-bond donors (Lipinski definition) is 2. The molecule has 2 aromatic rings. The molecule has 0 atom stereocenters. The normalized spacial score (nSPS) is 11.3. The summed E-state index contributed by atoms with van der Waals surface area (Å²) in [6.07, 6.45) is 1.59. The molecule has 0 radical (unpaired) electrons. The van der Waals surface area contributed by atoms with Crippen LogP contribution in [0.3, 0.4) is 0 Å².